The summed E-state index contributed by atoms with van der Waals surface area (Å²) in [7, 11) is 0. The van der Waals surface area contributed by atoms with Gasteiger partial charge in [0.05, 0.1) is 0 Å². The number of benzene rings is 1. The van der Waals surface area contributed by atoms with E-state index in [1.54, 1.807) is 6.08 Å². The molecule has 2 nitrogen and oxygen atoms in total. The van der Waals surface area contributed by atoms with E-state index in [1.807, 2.05) is 32.0 Å². The molecule has 0 spiro atoms. The predicted octanol–water partition coefficient (Wildman–Crippen LogP) is 3.45. The van der Waals surface area contributed by atoms with Crippen molar-refractivity contribution >= 4 is 21.8 Å². The molecule has 0 aliphatic carbocycles. The topological polar surface area (TPSA) is 29.1 Å². The standard InChI is InChI=1S/C13H16BrNO/c1-4-5-10(3)15-13(16)11-7-6-9(2)12(14)8-11/h4,6-8,10H,1,5H2,2-3H3,(H,15,16). The summed E-state index contributed by atoms with van der Waals surface area (Å²) >= 11 is 3.42. The van der Waals surface area contributed by atoms with Crippen LogP contribution < -0.4 is 5.32 Å². The van der Waals surface area contributed by atoms with Crippen LogP contribution in [0.25, 0.3) is 0 Å². The van der Waals surface area contributed by atoms with Gasteiger partial charge in [-0.1, -0.05) is 28.1 Å². The van der Waals surface area contributed by atoms with E-state index in [1.165, 1.54) is 0 Å². The molecule has 1 unspecified atom stereocenters. The first kappa shape index (κ1) is 13.0. The lowest BCUT2D eigenvalue weighted by atomic mass is 10.1. The first-order valence-corrected chi connectivity index (χ1v) is 6.01. The van der Waals surface area contributed by atoms with Gasteiger partial charge in [-0.25, -0.2) is 0 Å². The van der Waals surface area contributed by atoms with Crippen LogP contribution >= 0.6 is 15.9 Å². The molecule has 0 bridgehead atoms. The molecule has 0 aliphatic heterocycles. The van der Waals surface area contributed by atoms with Crippen molar-refractivity contribution in [2.24, 2.45) is 0 Å². The smallest absolute Gasteiger partial charge is 0.251 e. The molecule has 1 rings (SSSR count). The molecule has 3 heteroatoms. The van der Waals surface area contributed by atoms with Gasteiger partial charge in [-0.2, -0.15) is 0 Å². The zero-order chi connectivity index (χ0) is 12.1. The third-order valence-electron chi connectivity index (χ3n) is 2.33. The number of carbonyl (C=O) groups excluding carboxylic acids is 1. The first-order valence-electron chi connectivity index (χ1n) is 5.22. The van der Waals surface area contributed by atoms with E-state index in [0.29, 0.717) is 5.56 Å². The van der Waals surface area contributed by atoms with E-state index >= 15 is 0 Å². The van der Waals surface area contributed by atoms with Gasteiger partial charge in [-0.15, -0.1) is 6.58 Å². The van der Waals surface area contributed by atoms with Gasteiger partial charge in [0.25, 0.3) is 5.91 Å². The highest BCUT2D eigenvalue weighted by atomic mass is 79.9. The molecule has 0 fully saturated rings. The summed E-state index contributed by atoms with van der Waals surface area (Å²) in [6, 6.07) is 5.71. The second-order valence-electron chi connectivity index (χ2n) is 3.86. The van der Waals surface area contributed by atoms with E-state index in [2.05, 4.69) is 27.8 Å². The molecule has 1 aromatic rings. The molecular formula is C13H16BrNO. The van der Waals surface area contributed by atoms with Crippen molar-refractivity contribution in [3.8, 4) is 0 Å². The van der Waals surface area contributed by atoms with E-state index in [0.717, 1.165) is 16.5 Å². The van der Waals surface area contributed by atoms with Crippen LogP contribution in [0.4, 0.5) is 0 Å². The van der Waals surface area contributed by atoms with Crippen LogP contribution in [0.15, 0.2) is 35.3 Å². The maximum absolute atomic E-state index is 11.8. The minimum absolute atomic E-state index is 0.0462. The van der Waals surface area contributed by atoms with Gasteiger partial charge in [0, 0.05) is 16.1 Å². The van der Waals surface area contributed by atoms with Crippen LogP contribution in [0.2, 0.25) is 0 Å². The first-order chi connectivity index (χ1) is 7.54. The second kappa shape index (κ2) is 5.85. The number of aryl methyl sites for hydroxylation is 1. The van der Waals surface area contributed by atoms with Crippen molar-refractivity contribution in [3.63, 3.8) is 0 Å². The Labute approximate surface area is 105 Å². The van der Waals surface area contributed by atoms with Gasteiger partial charge >= 0.3 is 0 Å². The average Bonchev–Trinajstić information content (AvgIpc) is 2.22. The van der Waals surface area contributed by atoms with Crippen molar-refractivity contribution in [1.29, 1.82) is 0 Å². The highest BCUT2D eigenvalue weighted by Gasteiger charge is 2.09. The molecule has 1 amide bonds. The van der Waals surface area contributed by atoms with Crippen molar-refractivity contribution in [2.45, 2.75) is 26.3 Å². The highest BCUT2D eigenvalue weighted by molar-refractivity contribution is 9.10. The third kappa shape index (κ3) is 3.49. The monoisotopic (exact) mass is 281 g/mol. The summed E-state index contributed by atoms with van der Waals surface area (Å²) in [5.41, 5.74) is 1.80. The van der Waals surface area contributed by atoms with Gasteiger partial charge < -0.3 is 5.32 Å². The normalized spacial score (nSPS) is 11.9. The van der Waals surface area contributed by atoms with Gasteiger partial charge in [0.15, 0.2) is 0 Å². The molecule has 0 heterocycles. The number of nitrogens with one attached hydrogen (secondary N) is 1. The van der Waals surface area contributed by atoms with Crippen LogP contribution in [-0.2, 0) is 0 Å². The molecule has 0 aliphatic rings. The molecule has 0 saturated heterocycles. The van der Waals surface area contributed by atoms with Crippen molar-refractivity contribution in [3.05, 3.63) is 46.5 Å². The highest BCUT2D eigenvalue weighted by Crippen LogP contribution is 2.17. The van der Waals surface area contributed by atoms with E-state index in [4.69, 9.17) is 0 Å². The summed E-state index contributed by atoms with van der Waals surface area (Å²) in [4.78, 5) is 11.8. The molecule has 0 radical (unpaired) electrons. The zero-order valence-electron chi connectivity index (χ0n) is 9.59. The Morgan fingerprint density at radius 3 is 2.88 bits per heavy atom. The maximum atomic E-state index is 11.8. The maximum Gasteiger partial charge on any atom is 0.251 e. The molecule has 1 N–H and O–H groups in total. The number of rotatable bonds is 4. The van der Waals surface area contributed by atoms with Gasteiger partial charge in [0.1, 0.15) is 0 Å². The number of hydrogen-bond acceptors (Lipinski definition) is 1. The molecule has 0 saturated carbocycles. The number of hydrogen-bond donors (Lipinski definition) is 1. The fourth-order valence-corrected chi connectivity index (χ4v) is 1.73. The Morgan fingerprint density at radius 1 is 1.62 bits per heavy atom. The largest absolute Gasteiger partial charge is 0.349 e. The van der Waals surface area contributed by atoms with Gasteiger partial charge in [0.2, 0.25) is 0 Å². The summed E-state index contributed by atoms with van der Waals surface area (Å²) in [5.74, 6) is -0.0462. The fraction of sp³-hybridized carbons (Fsp3) is 0.308. The number of carbonyl (C=O) groups is 1. The Kier molecular flexibility index (Phi) is 4.74. The number of halogens is 1. The van der Waals surface area contributed by atoms with E-state index < -0.39 is 0 Å². The lowest BCUT2D eigenvalue weighted by molar-refractivity contribution is 0.0940. The molecule has 0 aromatic heterocycles. The van der Waals surface area contributed by atoms with Gasteiger partial charge in [-0.05, 0) is 38.0 Å². The minimum atomic E-state index is -0.0462. The van der Waals surface area contributed by atoms with Crippen LogP contribution in [0, 0.1) is 6.92 Å². The third-order valence-corrected chi connectivity index (χ3v) is 3.19. The van der Waals surface area contributed by atoms with Crippen LogP contribution in [0.1, 0.15) is 29.3 Å². The Morgan fingerprint density at radius 2 is 2.31 bits per heavy atom. The number of amides is 1. The Bertz CT molecular complexity index is 401. The Balaban J connectivity index is 2.73. The summed E-state index contributed by atoms with van der Waals surface area (Å²) in [6.07, 6.45) is 2.58. The van der Waals surface area contributed by atoms with Crippen LogP contribution in [0.3, 0.4) is 0 Å². The molecule has 16 heavy (non-hydrogen) atoms. The van der Waals surface area contributed by atoms with Crippen molar-refractivity contribution < 1.29 is 4.79 Å². The zero-order valence-corrected chi connectivity index (χ0v) is 11.2. The average molecular weight is 282 g/mol. The van der Waals surface area contributed by atoms with Crippen LogP contribution in [-0.4, -0.2) is 11.9 Å². The van der Waals surface area contributed by atoms with Gasteiger partial charge in [-0.3, -0.25) is 4.79 Å². The fourth-order valence-electron chi connectivity index (χ4n) is 1.35. The van der Waals surface area contributed by atoms with Crippen molar-refractivity contribution in [1.82, 2.24) is 5.32 Å². The Hall–Kier alpha value is -1.09. The van der Waals surface area contributed by atoms with Crippen molar-refractivity contribution in [2.75, 3.05) is 0 Å². The lowest BCUT2D eigenvalue weighted by Gasteiger charge is -2.12. The molecular weight excluding hydrogens is 266 g/mol. The summed E-state index contributed by atoms with van der Waals surface area (Å²) in [6.45, 7) is 7.60. The quantitative estimate of drug-likeness (QED) is 0.842. The summed E-state index contributed by atoms with van der Waals surface area (Å²) in [5, 5.41) is 2.91. The van der Waals surface area contributed by atoms with Crippen LogP contribution in [0.5, 0.6) is 0 Å². The molecule has 86 valence electrons. The SMILES string of the molecule is C=CCC(C)NC(=O)c1ccc(C)c(Br)c1. The second-order valence-corrected chi connectivity index (χ2v) is 4.72. The predicted molar refractivity (Wildman–Crippen MR) is 70.6 cm³/mol. The van der Waals surface area contributed by atoms with E-state index in [-0.39, 0.29) is 11.9 Å². The lowest BCUT2D eigenvalue weighted by Crippen LogP contribution is -2.32. The van der Waals surface area contributed by atoms with E-state index in [9.17, 15) is 4.79 Å². The minimum Gasteiger partial charge on any atom is -0.349 e. The summed E-state index contributed by atoms with van der Waals surface area (Å²) < 4.78 is 0.955. The molecule has 1 aromatic carbocycles. The molecule has 1 atom stereocenters.